The molecule has 0 unspecified atom stereocenters. The van der Waals surface area contributed by atoms with E-state index in [2.05, 4.69) is 6.92 Å². The van der Waals surface area contributed by atoms with Gasteiger partial charge in [0.2, 0.25) is 0 Å². The molecule has 14 heavy (non-hydrogen) atoms. The highest BCUT2D eigenvalue weighted by Crippen LogP contribution is 2.02. The second kappa shape index (κ2) is 10.5. The number of unbranched alkanes of at least 4 members (excludes halogenated alkanes) is 4. The molecule has 0 aromatic carbocycles. The molecule has 3 nitrogen and oxygen atoms in total. The Hall–Kier alpha value is -0.570. The molecular formula is C11H22O3. The van der Waals surface area contributed by atoms with Gasteiger partial charge in [-0.05, 0) is 13.3 Å². The summed E-state index contributed by atoms with van der Waals surface area (Å²) in [5.74, 6) is -0.263. The largest absolute Gasteiger partial charge is 0.464 e. The van der Waals surface area contributed by atoms with E-state index in [4.69, 9.17) is 9.47 Å². The normalized spacial score (nSPS) is 10.1. The molecule has 0 amide bonds. The number of rotatable bonds is 9. The van der Waals surface area contributed by atoms with Crippen molar-refractivity contribution in [3.63, 3.8) is 0 Å². The van der Waals surface area contributed by atoms with Crippen molar-refractivity contribution in [2.45, 2.75) is 46.0 Å². The first kappa shape index (κ1) is 13.4. The summed E-state index contributed by atoms with van der Waals surface area (Å²) < 4.78 is 9.88. The Morgan fingerprint density at radius 1 is 1.07 bits per heavy atom. The van der Waals surface area contributed by atoms with Crippen LogP contribution in [0.15, 0.2) is 0 Å². The fourth-order valence-electron chi connectivity index (χ4n) is 1.17. The van der Waals surface area contributed by atoms with Gasteiger partial charge in [0.05, 0.1) is 6.61 Å². The minimum atomic E-state index is -0.263. The van der Waals surface area contributed by atoms with Crippen LogP contribution >= 0.6 is 0 Å². The van der Waals surface area contributed by atoms with Crippen LogP contribution in [0.25, 0.3) is 0 Å². The van der Waals surface area contributed by atoms with Gasteiger partial charge >= 0.3 is 5.97 Å². The first-order valence-corrected chi connectivity index (χ1v) is 5.54. The van der Waals surface area contributed by atoms with Crippen LogP contribution in [0.1, 0.15) is 46.0 Å². The third-order valence-electron chi connectivity index (χ3n) is 1.92. The lowest BCUT2D eigenvalue weighted by molar-refractivity contribution is -0.148. The van der Waals surface area contributed by atoms with Crippen molar-refractivity contribution in [2.24, 2.45) is 0 Å². The highest BCUT2D eigenvalue weighted by atomic mass is 16.6. The van der Waals surface area contributed by atoms with Crippen LogP contribution in [0.4, 0.5) is 0 Å². The molecule has 0 aliphatic carbocycles. The first-order valence-electron chi connectivity index (χ1n) is 5.54. The fourth-order valence-corrected chi connectivity index (χ4v) is 1.17. The van der Waals surface area contributed by atoms with Gasteiger partial charge in [0.1, 0.15) is 6.61 Å². The van der Waals surface area contributed by atoms with Crippen LogP contribution in [0.2, 0.25) is 0 Å². The molecular weight excluding hydrogens is 180 g/mol. The van der Waals surface area contributed by atoms with Crippen LogP contribution < -0.4 is 0 Å². The van der Waals surface area contributed by atoms with Gasteiger partial charge in [0.15, 0.2) is 0 Å². The summed E-state index contributed by atoms with van der Waals surface area (Å²) in [6.45, 7) is 5.18. The highest BCUT2D eigenvalue weighted by Gasteiger charge is 1.99. The van der Waals surface area contributed by atoms with Crippen molar-refractivity contribution >= 4 is 5.97 Å². The molecule has 0 heterocycles. The van der Waals surface area contributed by atoms with E-state index in [0.717, 1.165) is 6.42 Å². The van der Waals surface area contributed by atoms with E-state index in [1.807, 2.05) is 0 Å². The number of carbonyl (C=O) groups is 1. The zero-order valence-corrected chi connectivity index (χ0v) is 9.38. The van der Waals surface area contributed by atoms with Gasteiger partial charge in [-0.15, -0.1) is 0 Å². The molecule has 3 heteroatoms. The molecule has 0 N–H and O–H groups in total. The van der Waals surface area contributed by atoms with Crippen molar-refractivity contribution in [2.75, 3.05) is 19.8 Å². The molecule has 0 saturated heterocycles. The van der Waals surface area contributed by atoms with E-state index in [0.29, 0.717) is 13.2 Å². The van der Waals surface area contributed by atoms with Crippen LogP contribution in [0.5, 0.6) is 0 Å². The molecule has 0 atom stereocenters. The quantitative estimate of drug-likeness (QED) is 0.426. The summed E-state index contributed by atoms with van der Waals surface area (Å²) in [5, 5.41) is 0. The molecule has 0 spiro atoms. The van der Waals surface area contributed by atoms with Gasteiger partial charge < -0.3 is 9.47 Å². The molecule has 0 radical (unpaired) electrons. The second-order valence-corrected chi connectivity index (χ2v) is 3.27. The maximum atomic E-state index is 10.8. The molecule has 84 valence electrons. The Morgan fingerprint density at radius 2 is 1.79 bits per heavy atom. The predicted molar refractivity (Wildman–Crippen MR) is 56.2 cm³/mol. The van der Waals surface area contributed by atoms with Gasteiger partial charge in [0, 0.05) is 6.61 Å². The summed E-state index contributed by atoms with van der Waals surface area (Å²) in [4.78, 5) is 10.8. The van der Waals surface area contributed by atoms with Gasteiger partial charge in [-0.25, -0.2) is 4.79 Å². The molecule has 0 aliphatic heterocycles. The van der Waals surface area contributed by atoms with E-state index in [9.17, 15) is 4.79 Å². The fraction of sp³-hybridized carbons (Fsp3) is 0.909. The number of ether oxygens (including phenoxy) is 2. The highest BCUT2D eigenvalue weighted by molar-refractivity contribution is 5.70. The Kier molecular flexibility index (Phi) is 10.1. The minimum Gasteiger partial charge on any atom is -0.464 e. The van der Waals surface area contributed by atoms with Gasteiger partial charge in [-0.1, -0.05) is 32.6 Å². The van der Waals surface area contributed by atoms with E-state index < -0.39 is 0 Å². The van der Waals surface area contributed by atoms with Crippen LogP contribution in [-0.4, -0.2) is 25.8 Å². The Labute approximate surface area is 86.8 Å². The van der Waals surface area contributed by atoms with Gasteiger partial charge in [-0.2, -0.15) is 0 Å². The van der Waals surface area contributed by atoms with Crippen molar-refractivity contribution < 1.29 is 14.3 Å². The average molecular weight is 202 g/mol. The Bertz CT molecular complexity index is 134. The molecule has 0 aromatic heterocycles. The molecule has 0 aliphatic rings. The lowest BCUT2D eigenvalue weighted by Crippen LogP contribution is -2.12. The zero-order valence-electron chi connectivity index (χ0n) is 9.38. The number of hydrogen-bond acceptors (Lipinski definition) is 3. The van der Waals surface area contributed by atoms with E-state index in [1.165, 1.54) is 25.7 Å². The SMILES string of the molecule is CCCCCCCOCC(=O)OCC. The van der Waals surface area contributed by atoms with Gasteiger partial charge in [-0.3, -0.25) is 0 Å². The predicted octanol–water partition coefficient (Wildman–Crippen LogP) is 2.54. The monoisotopic (exact) mass is 202 g/mol. The maximum absolute atomic E-state index is 10.8. The number of hydrogen-bond donors (Lipinski definition) is 0. The standard InChI is InChI=1S/C11H22O3/c1-3-5-6-7-8-9-13-10-11(12)14-4-2/h3-10H2,1-2H3. The molecule has 0 bridgehead atoms. The Balaban J connectivity index is 3.01. The zero-order chi connectivity index (χ0) is 10.6. The second-order valence-electron chi connectivity index (χ2n) is 3.27. The number of carbonyl (C=O) groups excluding carboxylic acids is 1. The minimum absolute atomic E-state index is 0.0988. The summed E-state index contributed by atoms with van der Waals surface area (Å²) in [6, 6.07) is 0. The molecule has 0 rings (SSSR count). The van der Waals surface area contributed by atoms with E-state index >= 15 is 0 Å². The summed E-state index contributed by atoms with van der Waals surface area (Å²) in [5.41, 5.74) is 0. The summed E-state index contributed by atoms with van der Waals surface area (Å²) in [7, 11) is 0. The third kappa shape index (κ3) is 9.52. The molecule has 0 fully saturated rings. The van der Waals surface area contributed by atoms with Crippen molar-refractivity contribution in [3.8, 4) is 0 Å². The van der Waals surface area contributed by atoms with E-state index in [1.54, 1.807) is 6.92 Å². The summed E-state index contributed by atoms with van der Waals surface area (Å²) in [6.07, 6.45) is 6.04. The molecule has 0 saturated carbocycles. The molecule has 0 aromatic rings. The van der Waals surface area contributed by atoms with Crippen LogP contribution in [0, 0.1) is 0 Å². The van der Waals surface area contributed by atoms with Crippen LogP contribution in [-0.2, 0) is 14.3 Å². The average Bonchev–Trinajstić information content (AvgIpc) is 2.17. The first-order chi connectivity index (χ1) is 6.81. The number of esters is 1. The van der Waals surface area contributed by atoms with Gasteiger partial charge in [0.25, 0.3) is 0 Å². The Morgan fingerprint density at radius 3 is 2.43 bits per heavy atom. The third-order valence-corrected chi connectivity index (χ3v) is 1.92. The lowest BCUT2D eigenvalue weighted by Gasteiger charge is -2.03. The van der Waals surface area contributed by atoms with E-state index in [-0.39, 0.29) is 12.6 Å². The van der Waals surface area contributed by atoms with Crippen molar-refractivity contribution in [1.82, 2.24) is 0 Å². The van der Waals surface area contributed by atoms with Crippen molar-refractivity contribution in [3.05, 3.63) is 0 Å². The van der Waals surface area contributed by atoms with Crippen molar-refractivity contribution in [1.29, 1.82) is 0 Å². The maximum Gasteiger partial charge on any atom is 0.332 e. The lowest BCUT2D eigenvalue weighted by atomic mass is 10.2. The summed E-state index contributed by atoms with van der Waals surface area (Å²) >= 11 is 0. The topological polar surface area (TPSA) is 35.5 Å². The smallest absolute Gasteiger partial charge is 0.332 e. The van der Waals surface area contributed by atoms with Crippen LogP contribution in [0.3, 0.4) is 0 Å².